The second-order valence-electron chi connectivity index (χ2n) is 5.03. The zero-order valence-electron chi connectivity index (χ0n) is 12.8. The van der Waals surface area contributed by atoms with E-state index in [1.807, 2.05) is 24.3 Å². The number of imidazole rings is 1. The van der Waals surface area contributed by atoms with Crippen molar-refractivity contribution in [3.63, 3.8) is 0 Å². The number of aromatic amines is 1. The molecule has 0 aliphatic rings. The topological polar surface area (TPSA) is 93.0 Å². The molecule has 0 unspecified atom stereocenters. The fourth-order valence-electron chi connectivity index (χ4n) is 2.24. The lowest BCUT2D eigenvalue weighted by molar-refractivity contribution is 0.0514. The van der Waals surface area contributed by atoms with Crippen molar-refractivity contribution in [3.05, 3.63) is 47.6 Å². The van der Waals surface area contributed by atoms with Gasteiger partial charge in [-0.15, -0.1) is 0 Å². The monoisotopic (exact) mass is 314 g/mol. The Labute approximate surface area is 133 Å². The Morgan fingerprint density at radius 3 is 3.09 bits per heavy atom. The first-order valence-corrected chi connectivity index (χ1v) is 7.53. The van der Waals surface area contributed by atoms with Gasteiger partial charge >= 0.3 is 5.97 Å². The molecule has 0 radical (unpaired) electrons. The number of H-pyrrole nitrogens is 1. The van der Waals surface area contributed by atoms with Gasteiger partial charge in [-0.05, 0) is 19.1 Å². The van der Waals surface area contributed by atoms with Gasteiger partial charge in [0.15, 0.2) is 11.5 Å². The summed E-state index contributed by atoms with van der Waals surface area (Å²) < 4.78 is 9.95. The molecular weight excluding hydrogens is 296 g/mol. The molecule has 0 fully saturated rings. The van der Waals surface area contributed by atoms with Crippen molar-refractivity contribution in [2.24, 2.45) is 0 Å². The fraction of sp³-hybridized carbons (Fsp3) is 0.312. The van der Waals surface area contributed by atoms with Gasteiger partial charge in [-0.1, -0.05) is 17.3 Å². The van der Waals surface area contributed by atoms with Gasteiger partial charge in [-0.25, -0.2) is 9.78 Å². The Bertz CT molecular complexity index is 760. The van der Waals surface area contributed by atoms with E-state index < -0.39 is 5.97 Å². The fourth-order valence-corrected chi connectivity index (χ4v) is 2.24. The lowest BCUT2D eigenvalue weighted by atomic mass is 10.3. The van der Waals surface area contributed by atoms with Gasteiger partial charge in [0.2, 0.25) is 0 Å². The Kier molecular flexibility index (Phi) is 4.68. The Balaban J connectivity index is 1.47. The number of nitrogens with zero attached hydrogens (tertiary/aromatic N) is 2. The van der Waals surface area contributed by atoms with Crippen LogP contribution in [0, 0.1) is 0 Å². The molecule has 3 aromatic rings. The number of hydrogen-bond donors (Lipinski definition) is 2. The zero-order chi connectivity index (χ0) is 16.1. The van der Waals surface area contributed by atoms with Crippen LogP contribution in [0.1, 0.15) is 29.0 Å². The minimum Gasteiger partial charge on any atom is -0.461 e. The summed E-state index contributed by atoms with van der Waals surface area (Å²) in [5.74, 6) is 1.06. The summed E-state index contributed by atoms with van der Waals surface area (Å²) in [6.45, 7) is 3.29. The number of benzene rings is 1. The minimum absolute atomic E-state index is 0.195. The van der Waals surface area contributed by atoms with E-state index in [9.17, 15) is 4.79 Å². The van der Waals surface area contributed by atoms with Crippen molar-refractivity contribution in [2.45, 2.75) is 19.9 Å². The smallest absolute Gasteiger partial charge is 0.360 e. The van der Waals surface area contributed by atoms with Gasteiger partial charge in [-0.2, -0.15) is 0 Å². The summed E-state index contributed by atoms with van der Waals surface area (Å²) in [6.07, 6.45) is 0.771. The molecule has 2 N–H and O–H groups in total. The highest BCUT2D eigenvalue weighted by Crippen LogP contribution is 2.10. The first-order chi connectivity index (χ1) is 11.3. The molecule has 3 rings (SSSR count). The van der Waals surface area contributed by atoms with E-state index in [0.29, 0.717) is 18.9 Å². The number of fused-ring (bicyclic) bond motifs is 1. The minimum atomic E-state index is -0.468. The third kappa shape index (κ3) is 3.75. The molecule has 7 heteroatoms. The molecule has 0 aliphatic heterocycles. The van der Waals surface area contributed by atoms with Crippen molar-refractivity contribution in [2.75, 3.05) is 13.2 Å². The van der Waals surface area contributed by atoms with Crippen molar-refractivity contribution < 1.29 is 14.1 Å². The van der Waals surface area contributed by atoms with Crippen LogP contribution < -0.4 is 5.32 Å². The molecule has 0 saturated carbocycles. The predicted octanol–water partition coefficient (Wildman–Crippen LogP) is 2.06. The third-order valence-corrected chi connectivity index (χ3v) is 3.32. The Morgan fingerprint density at radius 1 is 1.39 bits per heavy atom. The number of carbonyl (C=O) groups is 1. The molecule has 0 aliphatic carbocycles. The quantitative estimate of drug-likeness (QED) is 0.512. The first kappa shape index (κ1) is 15.2. The van der Waals surface area contributed by atoms with E-state index in [4.69, 9.17) is 9.26 Å². The van der Waals surface area contributed by atoms with Crippen LogP contribution in [0.5, 0.6) is 0 Å². The SMILES string of the molecule is CCOC(=O)c1cc(CNCCc2nc3ccccc3[nH]2)on1. The maximum atomic E-state index is 11.5. The van der Waals surface area contributed by atoms with E-state index in [2.05, 4.69) is 20.4 Å². The highest BCUT2D eigenvalue weighted by Gasteiger charge is 2.13. The lowest BCUT2D eigenvalue weighted by Gasteiger charge is -1.99. The van der Waals surface area contributed by atoms with Crippen LogP contribution in [0.3, 0.4) is 0 Å². The van der Waals surface area contributed by atoms with Crippen molar-refractivity contribution in [3.8, 4) is 0 Å². The molecule has 0 amide bonds. The Morgan fingerprint density at radius 2 is 2.26 bits per heavy atom. The van der Waals surface area contributed by atoms with Crippen LogP contribution in [0.4, 0.5) is 0 Å². The molecule has 2 heterocycles. The van der Waals surface area contributed by atoms with Crippen molar-refractivity contribution in [1.29, 1.82) is 0 Å². The highest BCUT2D eigenvalue weighted by molar-refractivity contribution is 5.87. The van der Waals surface area contributed by atoms with Crippen LogP contribution in [-0.4, -0.2) is 34.2 Å². The number of nitrogens with one attached hydrogen (secondary N) is 2. The van der Waals surface area contributed by atoms with Crippen molar-refractivity contribution in [1.82, 2.24) is 20.4 Å². The standard InChI is InChI=1S/C16H18N4O3/c1-2-22-16(21)14-9-11(23-20-14)10-17-8-7-15-18-12-5-3-4-6-13(12)19-15/h3-6,9,17H,2,7-8,10H2,1H3,(H,18,19). The van der Waals surface area contributed by atoms with Crippen LogP contribution in [-0.2, 0) is 17.7 Å². The molecular formula is C16H18N4O3. The van der Waals surface area contributed by atoms with Gasteiger partial charge in [0.05, 0.1) is 24.2 Å². The number of hydrogen-bond acceptors (Lipinski definition) is 6. The third-order valence-electron chi connectivity index (χ3n) is 3.32. The van der Waals surface area contributed by atoms with E-state index in [1.165, 1.54) is 0 Å². The average Bonchev–Trinajstić information content (AvgIpc) is 3.18. The molecule has 0 atom stereocenters. The molecule has 2 aromatic heterocycles. The van der Waals surface area contributed by atoms with Gasteiger partial charge in [0, 0.05) is 19.0 Å². The summed E-state index contributed by atoms with van der Waals surface area (Å²) in [6, 6.07) is 9.52. The number of rotatable bonds is 7. The molecule has 0 bridgehead atoms. The maximum absolute atomic E-state index is 11.5. The maximum Gasteiger partial charge on any atom is 0.360 e. The lowest BCUT2D eigenvalue weighted by Crippen LogP contribution is -2.16. The van der Waals surface area contributed by atoms with Crippen molar-refractivity contribution >= 4 is 17.0 Å². The summed E-state index contributed by atoms with van der Waals surface area (Å²) in [4.78, 5) is 19.3. The number of esters is 1. The number of para-hydroxylation sites is 2. The van der Waals surface area contributed by atoms with Gasteiger partial charge in [0.25, 0.3) is 0 Å². The van der Waals surface area contributed by atoms with Crippen LogP contribution in [0.25, 0.3) is 11.0 Å². The molecule has 1 aromatic carbocycles. The summed E-state index contributed by atoms with van der Waals surface area (Å²) >= 11 is 0. The van der Waals surface area contributed by atoms with Gasteiger partial charge < -0.3 is 19.6 Å². The molecule has 7 nitrogen and oxygen atoms in total. The first-order valence-electron chi connectivity index (χ1n) is 7.53. The molecule has 23 heavy (non-hydrogen) atoms. The zero-order valence-corrected chi connectivity index (χ0v) is 12.8. The van der Waals surface area contributed by atoms with Crippen LogP contribution >= 0.6 is 0 Å². The second kappa shape index (κ2) is 7.06. The number of carbonyl (C=O) groups excluding carboxylic acids is 1. The van der Waals surface area contributed by atoms with E-state index in [0.717, 1.165) is 29.8 Å². The highest BCUT2D eigenvalue weighted by atomic mass is 16.5. The van der Waals surface area contributed by atoms with E-state index >= 15 is 0 Å². The van der Waals surface area contributed by atoms with Gasteiger partial charge in [0.1, 0.15) is 5.82 Å². The molecule has 0 spiro atoms. The molecule has 0 saturated heterocycles. The predicted molar refractivity (Wildman–Crippen MR) is 84.0 cm³/mol. The van der Waals surface area contributed by atoms with Gasteiger partial charge in [-0.3, -0.25) is 0 Å². The normalized spacial score (nSPS) is 11.0. The number of ether oxygens (including phenoxy) is 1. The second-order valence-corrected chi connectivity index (χ2v) is 5.03. The number of aromatic nitrogens is 3. The summed E-state index contributed by atoms with van der Waals surface area (Å²) in [5, 5.41) is 6.93. The van der Waals surface area contributed by atoms with Crippen LogP contribution in [0.15, 0.2) is 34.9 Å². The summed E-state index contributed by atoms with van der Waals surface area (Å²) in [7, 11) is 0. The largest absolute Gasteiger partial charge is 0.461 e. The average molecular weight is 314 g/mol. The van der Waals surface area contributed by atoms with Crippen LogP contribution in [0.2, 0.25) is 0 Å². The van der Waals surface area contributed by atoms with E-state index in [-0.39, 0.29) is 5.69 Å². The Hall–Kier alpha value is -2.67. The molecule has 120 valence electrons. The summed E-state index contributed by atoms with van der Waals surface area (Å²) in [5.41, 5.74) is 2.20. The van der Waals surface area contributed by atoms with E-state index in [1.54, 1.807) is 13.0 Å².